The lowest BCUT2D eigenvalue weighted by Crippen LogP contribution is -2.13. The molecule has 26 heavy (non-hydrogen) atoms. The molecule has 0 fully saturated rings. The fourth-order valence-corrected chi connectivity index (χ4v) is 2.29. The quantitative estimate of drug-likeness (QED) is 0.639. The Kier molecular flexibility index (Phi) is 5.58. The maximum Gasteiger partial charge on any atom is 0.335 e. The van der Waals surface area contributed by atoms with E-state index in [1.54, 1.807) is 0 Å². The van der Waals surface area contributed by atoms with Crippen LogP contribution in [0.25, 0.3) is 6.08 Å². The van der Waals surface area contributed by atoms with Gasteiger partial charge in [0.25, 0.3) is 5.91 Å². The van der Waals surface area contributed by atoms with Crippen LogP contribution in [0.5, 0.6) is 0 Å². The molecule has 5 heteroatoms. The van der Waals surface area contributed by atoms with Gasteiger partial charge in [-0.3, -0.25) is 4.79 Å². The maximum atomic E-state index is 12.3. The number of hydrogen-bond acceptors (Lipinski definition) is 3. The SMILES string of the molecule is CC(C)(C)c1ccc(/C=C(\C#N)C(=O)Nc2ccc(C(=O)O)cc2)cc1. The van der Waals surface area contributed by atoms with Crippen molar-refractivity contribution in [2.24, 2.45) is 0 Å². The molecular formula is C21H20N2O3. The molecule has 2 N–H and O–H groups in total. The van der Waals surface area contributed by atoms with Crippen molar-refractivity contribution in [2.75, 3.05) is 5.32 Å². The monoisotopic (exact) mass is 348 g/mol. The number of carbonyl (C=O) groups excluding carboxylic acids is 1. The lowest BCUT2D eigenvalue weighted by atomic mass is 9.86. The number of hydrogen-bond donors (Lipinski definition) is 2. The van der Waals surface area contributed by atoms with Crippen LogP contribution < -0.4 is 5.32 Å². The van der Waals surface area contributed by atoms with Gasteiger partial charge in [-0.1, -0.05) is 45.0 Å². The van der Waals surface area contributed by atoms with E-state index in [0.717, 1.165) is 11.1 Å². The van der Waals surface area contributed by atoms with Gasteiger partial charge >= 0.3 is 5.97 Å². The largest absolute Gasteiger partial charge is 0.478 e. The van der Waals surface area contributed by atoms with Crippen molar-refractivity contribution in [3.63, 3.8) is 0 Å². The number of nitriles is 1. The Balaban J connectivity index is 2.16. The molecule has 0 atom stereocenters. The Morgan fingerprint density at radius 2 is 1.62 bits per heavy atom. The zero-order chi connectivity index (χ0) is 19.3. The summed E-state index contributed by atoms with van der Waals surface area (Å²) in [6, 6.07) is 15.3. The lowest BCUT2D eigenvalue weighted by Gasteiger charge is -2.18. The third-order valence-corrected chi connectivity index (χ3v) is 3.84. The number of nitrogens with zero attached hydrogens (tertiary/aromatic N) is 1. The molecule has 1 amide bonds. The Morgan fingerprint density at radius 3 is 2.08 bits per heavy atom. The van der Waals surface area contributed by atoms with Crippen molar-refractivity contribution in [1.82, 2.24) is 0 Å². The minimum absolute atomic E-state index is 0.0276. The fraction of sp³-hybridized carbons (Fsp3) is 0.190. The van der Waals surface area contributed by atoms with Crippen molar-refractivity contribution in [2.45, 2.75) is 26.2 Å². The summed E-state index contributed by atoms with van der Waals surface area (Å²) in [7, 11) is 0. The van der Waals surface area contributed by atoms with Crippen molar-refractivity contribution < 1.29 is 14.7 Å². The predicted octanol–water partition coefficient (Wildman–Crippen LogP) is 4.23. The van der Waals surface area contributed by atoms with E-state index in [0.29, 0.717) is 5.69 Å². The van der Waals surface area contributed by atoms with E-state index in [-0.39, 0.29) is 16.6 Å². The summed E-state index contributed by atoms with van der Waals surface area (Å²) in [5.74, 6) is -1.59. The Hall–Kier alpha value is -3.39. The van der Waals surface area contributed by atoms with Crippen molar-refractivity contribution in [3.05, 3.63) is 70.8 Å². The van der Waals surface area contributed by atoms with E-state index in [1.807, 2.05) is 30.3 Å². The highest BCUT2D eigenvalue weighted by molar-refractivity contribution is 6.09. The van der Waals surface area contributed by atoms with E-state index in [4.69, 9.17) is 5.11 Å². The molecule has 0 radical (unpaired) electrons. The average Bonchev–Trinajstić information content (AvgIpc) is 2.59. The second kappa shape index (κ2) is 7.66. The number of amides is 1. The van der Waals surface area contributed by atoms with Crippen LogP contribution in [0.3, 0.4) is 0 Å². The Labute approximate surface area is 152 Å². The van der Waals surface area contributed by atoms with E-state index in [2.05, 4.69) is 26.1 Å². The van der Waals surface area contributed by atoms with E-state index in [1.165, 1.54) is 30.3 Å². The van der Waals surface area contributed by atoms with Crippen LogP contribution in [0.1, 0.15) is 42.3 Å². The van der Waals surface area contributed by atoms with Gasteiger partial charge in [-0.2, -0.15) is 5.26 Å². The zero-order valence-electron chi connectivity index (χ0n) is 14.9. The first-order valence-corrected chi connectivity index (χ1v) is 8.08. The van der Waals surface area contributed by atoms with Gasteiger partial charge in [0.15, 0.2) is 0 Å². The van der Waals surface area contributed by atoms with Crippen molar-refractivity contribution >= 4 is 23.6 Å². The van der Waals surface area contributed by atoms with Gasteiger partial charge in [0.1, 0.15) is 11.6 Å². The topological polar surface area (TPSA) is 90.2 Å². The first-order chi connectivity index (χ1) is 12.2. The third-order valence-electron chi connectivity index (χ3n) is 3.84. The number of carboxylic acids is 1. The standard InChI is InChI=1S/C21H20N2O3/c1-21(2,3)17-8-4-14(5-9-17)12-16(13-22)19(24)23-18-10-6-15(7-11-18)20(25)26/h4-12H,1-3H3,(H,23,24)(H,25,26)/b16-12+. The summed E-state index contributed by atoms with van der Waals surface area (Å²) in [5, 5.41) is 20.8. The summed E-state index contributed by atoms with van der Waals surface area (Å²) in [6.45, 7) is 6.34. The second-order valence-corrected chi connectivity index (χ2v) is 6.88. The number of carboxylic acid groups (broad SMARTS) is 1. The predicted molar refractivity (Wildman–Crippen MR) is 101 cm³/mol. The molecule has 0 aliphatic rings. The van der Waals surface area contributed by atoms with Crippen LogP contribution in [0.2, 0.25) is 0 Å². The highest BCUT2D eigenvalue weighted by Gasteiger charge is 2.14. The minimum atomic E-state index is -1.04. The molecule has 2 aromatic carbocycles. The summed E-state index contributed by atoms with van der Waals surface area (Å²) in [5.41, 5.74) is 2.46. The number of aromatic carboxylic acids is 1. The maximum absolute atomic E-state index is 12.3. The van der Waals surface area contributed by atoms with Crippen LogP contribution in [-0.4, -0.2) is 17.0 Å². The van der Waals surface area contributed by atoms with Gasteiger partial charge in [0.2, 0.25) is 0 Å². The van der Waals surface area contributed by atoms with E-state index >= 15 is 0 Å². The fourth-order valence-electron chi connectivity index (χ4n) is 2.29. The molecule has 0 aliphatic carbocycles. The minimum Gasteiger partial charge on any atom is -0.478 e. The molecule has 0 spiro atoms. The van der Waals surface area contributed by atoms with Gasteiger partial charge in [-0.05, 0) is 46.9 Å². The third kappa shape index (κ3) is 4.81. The van der Waals surface area contributed by atoms with Gasteiger partial charge in [0.05, 0.1) is 5.56 Å². The van der Waals surface area contributed by atoms with Gasteiger partial charge in [0, 0.05) is 5.69 Å². The number of carbonyl (C=O) groups is 2. The van der Waals surface area contributed by atoms with Gasteiger partial charge < -0.3 is 10.4 Å². The summed E-state index contributed by atoms with van der Waals surface area (Å²) in [4.78, 5) is 23.1. The average molecular weight is 348 g/mol. The van der Waals surface area contributed by atoms with Crippen LogP contribution in [0.4, 0.5) is 5.69 Å². The Morgan fingerprint density at radius 1 is 1.04 bits per heavy atom. The molecule has 0 heterocycles. The van der Waals surface area contributed by atoms with Crippen LogP contribution in [0, 0.1) is 11.3 Å². The number of benzene rings is 2. The summed E-state index contributed by atoms with van der Waals surface area (Å²) >= 11 is 0. The molecule has 0 saturated heterocycles. The van der Waals surface area contributed by atoms with Crippen molar-refractivity contribution in [1.29, 1.82) is 5.26 Å². The van der Waals surface area contributed by atoms with Crippen molar-refractivity contribution in [3.8, 4) is 6.07 Å². The van der Waals surface area contributed by atoms with Gasteiger partial charge in [-0.25, -0.2) is 4.79 Å². The molecule has 132 valence electrons. The molecule has 0 aromatic heterocycles. The molecule has 5 nitrogen and oxygen atoms in total. The highest BCUT2D eigenvalue weighted by atomic mass is 16.4. The molecular weight excluding hydrogens is 328 g/mol. The number of rotatable bonds is 4. The zero-order valence-corrected chi connectivity index (χ0v) is 14.9. The molecule has 0 saturated carbocycles. The number of anilines is 1. The first kappa shape index (κ1) is 18.9. The molecule has 2 rings (SSSR count). The second-order valence-electron chi connectivity index (χ2n) is 6.88. The first-order valence-electron chi connectivity index (χ1n) is 8.08. The van der Waals surface area contributed by atoms with E-state index in [9.17, 15) is 14.9 Å². The summed E-state index contributed by atoms with van der Waals surface area (Å²) < 4.78 is 0. The van der Waals surface area contributed by atoms with Crippen LogP contribution in [0.15, 0.2) is 54.1 Å². The molecule has 0 unspecified atom stereocenters. The summed E-state index contributed by atoms with van der Waals surface area (Å²) in [6.07, 6.45) is 1.52. The van der Waals surface area contributed by atoms with Gasteiger partial charge in [-0.15, -0.1) is 0 Å². The van der Waals surface area contributed by atoms with E-state index < -0.39 is 11.9 Å². The smallest absolute Gasteiger partial charge is 0.335 e. The Bertz CT molecular complexity index is 881. The molecule has 0 bridgehead atoms. The van der Waals surface area contributed by atoms with Crippen LogP contribution in [-0.2, 0) is 10.2 Å². The lowest BCUT2D eigenvalue weighted by molar-refractivity contribution is -0.112. The normalized spacial score (nSPS) is 11.5. The van der Waals surface area contributed by atoms with Crippen LogP contribution >= 0.6 is 0 Å². The molecule has 0 aliphatic heterocycles. The number of nitrogens with one attached hydrogen (secondary N) is 1. The molecule has 2 aromatic rings. The highest BCUT2D eigenvalue weighted by Crippen LogP contribution is 2.23.